The first kappa shape index (κ1) is 15.8. The maximum absolute atomic E-state index is 12.6. The fourth-order valence-corrected chi connectivity index (χ4v) is 3.38. The lowest BCUT2D eigenvalue weighted by Crippen LogP contribution is -2.44. The Balaban J connectivity index is 1.51. The summed E-state index contributed by atoms with van der Waals surface area (Å²) in [5.74, 6) is 0.664. The van der Waals surface area contributed by atoms with Crippen molar-refractivity contribution in [2.24, 2.45) is 5.92 Å². The molecule has 5 heteroatoms. The number of furan rings is 1. The number of amides is 2. The van der Waals surface area contributed by atoms with Gasteiger partial charge in [0.25, 0.3) is 5.91 Å². The van der Waals surface area contributed by atoms with Crippen LogP contribution in [0.2, 0.25) is 0 Å². The molecular formula is C18H24N2O3. The van der Waals surface area contributed by atoms with Gasteiger partial charge in [0, 0.05) is 25.2 Å². The number of hydrogen-bond acceptors (Lipinski definition) is 3. The Labute approximate surface area is 136 Å². The van der Waals surface area contributed by atoms with Crippen molar-refractivity contribution >= 4 is 11.8 Å². The van der Waals surface area contributed by atoms with Crippen LogP contribution in [-0.2, 0) is 4.79 Å². The minimum Gasteiger partial charge on any atom is -0.459 e. The van der Waals surface area contributed by atoms with E-state index in [4.69, 9.17) is 4.42 Å². The van der Waals surface area contributed by atoms with Gasteiger partial charge in [-0.2, -0.15) is 0 Å². The molecule has 2 aliphatic rings. The molecule has 5 nitrogen and oxygen atoms in total. The third kappa shape index (κ3) is 4.03. The van der Waals surface area contributed by atoms with Crippen molar-refractivity contribution in [3.63, 3.8) is 0 Å². The molecule has 23 heavy (non-hydrogen) atoms. The molecule has 2 heterocycles. The molecule has 1 atom stereocenters. The molecule has 1 N–H and O–H groups in total. The van der Waals surface area contributed by atoms with Gasteiger partial charge in [0.2, 0.25) is 5.91 Å². The normalized spacial score (nSPS) is 21.7. The van der Waals surface area contributed by atoms with Gasteiger partial charge in [0.15, 0.2) is 5.76 Å². The zero-order valence-corrected chi connectivity index (χ0v) is 13.4. The number of rotatable bonds is 4. The molecule has 124 valence electrons. The fourth-order valence-electron chi connectivity index (χ4n) is 3.38. The SMILES string of the molecule is O=C(NC[C@@H]1CCCN(C(=O)C2=CCCCC2)C1)c1ccco1. The van der Waals surface area contributed by atoms with E-state index in [-0.39, 0.29) is 11.8 Å². The molecular weight excluding hydrogens is 292 g/mol. The van der Waals surface area contributed by atoms with Gasteiger partial charge in [-0.15, -0.1) is 0 Å². The highest BCUT2D eigenvalue weighted by atomic mass is 16.3. The van der Waals surface area contributed by atoms with Crippen molar-refractivity contribution in [3.8, 4) is 0 Å². The van der Waals surface area contributed by atoms with Gasteiger partial charge in [0.1, 0.15) is 0 Å². The summed E-state index contributed by atoms with van der Waals surface area (Å²) in [7, 11) is 0. The predicted molar refractivity (Wildman–Crippen MR) is 86.9 cm³/mol. The number of piperidine rings is 1. The summed E-state index contributed by atoms with van der Waals surface area (Å²) in [6.45, 7) is 2.15. The summed E-state index contributed by atoms with van der Waals surface area (Å²) < 4.78 is 5.09. The van der Waals surface area contributed by atoms with Gasteiger partial charge in [-0.3, -0.25) is 9.59 Å². The van der Waals surface area contributed by atoms with Crippen LogP contribution in [0.3, 0.4) is 0 Å². The Morgan fingerprint density at radius 3 is 2.96 bits per heavy atom. The average Bonchev–Trinajstić information content (AvgIpc) is 3.15. The number of allylic oxidation sites excluding steroid dienone is 1. The van der Waals surface area contributed by atoms with Gasteiger partial charge in [0.05, 0.1) is 6.26 Å². The minimum absolute atomic E-state index is 0.187. The molecule has 0 bridgehead atoms. The first-order valence-electron chi connectivity index (χ1n) is 8.54. The second-order valence-electron chi connectivity index (χ2n) is 6.42. The first-order valence-corrected chi connectivity index (χ1v) is 8.54. The quantitative estimate of drug-likeness (QED) is 0.929. The van der Waals surface area contributed by atoms with E-state index in [9.17, 15) is 9.59 Å². The van der Waals surface area contributed by atoms with Gasteiger partial charge in [-0.25, -0.2) is 0 Å². The molecule has 0 aromatic carbocycles. The highest BCUT2D eigenvalue weighted by molar-refractivity contribution is 5.93. The molecule has 0 radical (unpaired) electrons. The lowest BCUT2D eigenvalue weighted by Gasteiger charge is -2.34. The maximum atomic E-state index is 12.6. The van der Waals surface area contributed by atoms with Crippen LogP contribution in [0.4, 0.5) is 0 Å². The lowest BCUT2D eigenvalue weighted by molar-refractivity contribution is -0.129. The second kappa shape index (κ2) is 7.49. The van der Waals surface area contributed by atoms with Crippen LogP contribution in [0.25, 0.3) is 0 Å². The van der Waals surface area contributed by atoms with E-state index < -0.39 is 0 Å². The maximum Gasteiger partial charge on any atom is 0.286 e. The van der Waals surface area contributed by atoms with E-state index in [1.54, 1.807) is 12.1 Å². The van der Waals surface area contributed by atoms with Gasteiger partial charge < -0.3 is 14.6 Å². The third-order valence-electron chi connectivity index (χ3n) is 4.67. The van der Waals surface area contributed by atoms with E-state index in [0.29, 0.717) is 18.2 Å². The summed E-state index contributed by atoms with van der Waals surface area (Å²) >= 11 is 0. The Hall–Kier alpha value is -2.04. The molecule has 1 aliphatic heterocycles. The summed E-state index contributed by atoms with van der Waals surface area (Å²) in [4.78, 5) is 26.5. The van der Waals surface area contributed by atoms with Crippen LogP contribution in [0.1, 0.15) is 49.1 Å². The van der Waals surface area contributed by atoms with Crippen molar-refractivity contribution in [1.82, 2.24) is 10.2 Å². The molecule has 2 amide bonds. The van der Waals surface area contributed by atoms with Gasteiger partial charge >= 0.3 is 0 Å². The molecule has 1 aromatic rings. The van der Waals surface area contributed by atoms with Crippen LogP contribution < -0.4 is 5.32 Å². The van der Waals surface area contributed by atoms with Gasteiger partial charge in [-0.05, 0) is 56.6 Å². The van der Waals surface area contributed by atoms with Gasteiger partial charge in [-0.1, -0.05) is 6.08 Å². The van der Waals surface area contributed by atoms with Crippen molar-refractivity contribution in [1.29, 1.82) is 0 Å². The molecule has 0 saturated carbocycles. The van der Waals surface area contributed by atoms with Crippen molar-refractivity contribution < 1.29 is 14.0 Å². The number of likely N-dealkylation sites (tertiary alicyclic amines) is 1. The molecule has 1 aromatic heterocycles. The minimum atomic E-state index is -0.187. The average molecular weight is 316 g/mol. The smallest absolute Gasteiger partial charge is 0.286 e. The molecule has 3 rings (SSSR count). The molecule has 1 fully saturated rings. The number of hydrogen-bond donors (Lipinski definition) is 1. The van der Waals surface area contributed by atoms with Crippen LogP contribution in [0, 0.1) is 5.92 Å². The summed E-state index contributed by atoms with van der Waals surface area (Å²) in [6.07, 6.45) is 9.89. The lowest BCUT2D eigenvalue weighted by atomic mass is 9.94. The highest BCUT2D eigenvalue weighted by Gasteiger charge is 2.26. The van der Waals surface area contributed by atoms with E-state index in [1.807, 2.05) is 4.90 Å². The van der Waals surface area contributed by atoms with Crippen LogP contribution in [-0.4, -0.2) is 36.3 Å². The largest absolute Gasteiger partial charge is 0.459 e. The van der Waals surface area contributed by atoms with E-state index in [0.717, 1.165) is 50.8 Å². The van der Waals surface area contributed by atoms with E-state index in [2.05, 4.69) is 11.4 Å². The number of carbonyl (C=O) groups excluding carboxylic acids is 2. The summed E-state index contributed by atoms with van der Waals surface area (Å²) in [5, 5.41) is 2.91. The van der Waals surface area contributed by atoms with E-state index >= 15 is 0 Å². The van der Waals surface area contributed by atoms with Crippen LogP contribution in [0.5, 0.6) is 0 Å². The summed E-state index contributed by atoms with van der Waals surface area (Å²) in [6, 6.07) is 3.36. The third-order valence-corrected chi connectivity index (χ3v) is 4.67. The Morgan fingerprint density at radius 2 is 2.22 bits per heavy atom. The molecule has 0 spiro atoms. The number of nitrogens with one attached hydrogen (secondary N) is 1. The predicted octanol–water partition coefficient (Wildman–Crippen LogP) is 2.75. The molecule has 1 aliphatic carbocycles. The van der Waals surface area contributed by atoms with Crippen molar-refractivity contribution in [3.05, 3.63) is 35.8 Å². The Morgan fingerprint density at radius 1 is 1.30 bits per heavy atom. The first-order chi connectivity index (χ1) is 11.2. The molecule has 1 saturated heterocycles. The number of nitrogens with zero attached hydrogens (tertiary/aromatic N) is 1. The zero-order chi connectivity index (χ0) is 16.1. The Kier molecular flexibility index (Phi) is 5.16. The van der Waals surface area contributed by atoms with Crippen LogP contribution >= 0.6 is 0 Å². The fraction of sp³-hybridized carbons (Fsp3) is 0.556. The van der Waals surface area contributed by atoms with E-state index in [1.165, 1.54) is 12.7 Å². The molecule has 0 unspecified atom stereocenters. The number of carbonyl (C=O) groups is 2. The second-order valence-corrected chi connectivity index (χ2v) is 6.42. The summed E-state index contributed by atoms with van der Waals surface area (Å²) in [5.41, 5.74) is 0.983. The monoisotopic (exact) mass is 316 g/mol. The van der Waals surface area contributed by atoms with Crippen molar-refractivity contribution in [2.45, 2.75) is 38.5 Å². The Bertz CT molecular complexity index is 577. The van der Waals surface area contributed by atoms with Crippen molar-refractivity contribution in [2.75, 3.05) is 19.6 Å². The van der Waals surface area contributed by atoms with Crippen LogP contribution in [0.15, 0.2) is 34.5 Å². The standard InChI is InChI=1S/C18H24N2O3/c21-17(16-9-5-11-23-16)19-12-14-6-4-10-20(13-14)18(22)15-7-2-1-3-8-15/h5,7,9,11,14H,1-4,6,8,10,12-13H2,(H,19,21)/t14-/m0/s1. The topological polar surface area (TPSA) is 62.6 Å². The highest BCUT2D eigenvalue weighted by Crippen LogP contribution is 2.23. The zero-order valence-electron chi connectivity index (χ0n) is 13.4.